The van der Waals surface area contributed by atoms with Crippen molar-refractivity contribution in [2.45, 2.75) is 32.0 Å². The fourth-order valence-electron chi connectivity index (χ4n) is 4.06. The lowest BCUT2D eigenvalue weighted by Crippen LogP contribution is -2.53. The predicted molar refractivity (Wildman–Crippen MR) is 147 cm³/mol. The molecule has 2 N–H and O–H groups in total. The number of nitrogens with one attached hydrogen (secondary N) is 1. The Kier molecular flexibility index (Phi) is 11.0. The standard InChI is InChI=1S/C29H35N3O5S/c1-38(36,37)31(21-25-14-7-3-8-15-25)23-28(34)32(22-26-16-9-4-10-17-26)27(29(35)30-18-11-19-33)20-24-12-5-2-6-13-24/h2-10,12-17,27,33H,11,18-23H2,1H3,(H,30,35)/t27-/m1/s1. The van der Waals surface area contributed by atoms with Crippen LogP contribution in [0.5, 0.6) is 0 Å². The summed E-state index contributed by atoms with van der Waals surface area (Å²) in [6.07, 6.45) is 1.71. The molecule has 38 heavy (non-hydrogen) atoms. The minimum Gasteiger partial charge on any atom is -0.396 e. The molecule has 0 aliphatic carbocycles. The number of benzene rings is 3. The van der Waals surface area contributed by atoms with Gasteiger partial charge in [-0.25, -0.2) is 8.42 Å². The van der Waals surface area contributed by atoms with E-state index < -0.39 is 28.5 Å². The van der Waals surface area contributed by atoms with E-state index in [-0.39, 0.29) is 38.6 Å². The fourth-order valence-corrected chi connectivity index (χ4v) is 4.79. The van der Waals surface area contributed by atoms with E-state index in [0.29, 0.717) is 6.42 Å². The lowest BCUT2D eigenvalue weighted by molar-refractivity contribution is -0.141. The third-order valence-corrected chi connectivity index (χ3v) is 7.28. The minimum atomic E-state index is -3.73. The minimum absolute atomic E-state index is 0.0383. The van der Waals surface area contributed by atoms with Crippen LogP contribution in [0.25, 0.3) is 0 Å². The maximum absolute atomic E-state index is 13.9. The Bertz CT molecular complexity index is 1260. The Labute approximate surface area is 225 Å². The first-order valence-corrected chi connectivity index (χ1v) is 14.4. The summed E-state index contributed by atoms with van der Waals surface area (Å²) >= 11 is 0. The highest BCUT2D eigenvalue weighted by atomic mass is 32.2. The van der Waals surface area contributed by atoms with Gasteiger partial charge in [0.15, 0.2) is 0 Å². The monoisotopic (exact) mass is 537 g/mol. The predicted octanol–water partition coefficient (Wildman–Crippen LogP) is 2.59. The zero-order valence-electron chi connectivity index (χ0n) is 21.6. The van der Waals surface area contributed by atoms with E-state index in [0.717, 1.165) is 27.3 Å². The second kappa shape index (κ2) is 14.4. The average Bonchev–Trinajstić information content (AvgIpc) is 2.91. The van der Waals surface area contributed by atoms with Crippen molar-refractivity contribution in [2.75, 3.05) is 26.0 Å². The Morgan fingerprint density at radius 1 is 0.816 bits per heavy atom. The van der Waals surface area contributed by atoms with Crippen LogP contribution in [0.2, 0.25) is 0 Å². The summed E-state index contributed by atoms with van der Waals surface area (Å²) in [6, 6.07) is 26.9. The molecule has 3 aromatic carbocycles. The van der Waals surface area contributed by atoms with E-state index in [9.17, 15) is 18.0 Å². The molecule has 3 rings (SSSR count). The molecular formula is C29H35N3O5S. The number of nitrogens with zero attached hydrogens (tertiary/aromatic N) is 2. The number of hydrogen-bond donors (Lipinski definition) is 2. The van der Waals surface area contributed by atoms with Crippen LogP contribution in [0.15, 0.2) is 91.0 Å². The molecule has 0 saturated carbocycles. The first kappa shape index (κ1) is 29.0. The van der Waals surface area contributed by atoms with Gasteiger partial charge in [-0.3, -0.25) is 9.59 Å². The van der Waals surface area contributed by atoms with Gasteiger partial charge in [-0.2, -0.15) is 4.31 Å². The highest BCUT2D eigenvalue weighted by Gasteiger charge is 2.32. The van der Waals surface area contributed by atoms with Crippen LogP contribution in [-0.4, -0.2) is 66.5 Å². The lowest BCUT2D eigenvalue weighted by atomic mass is 10.0. The van der Waals surface area contributed by atoms with Gasteiger partial charge in [-0.1, -0.05) is 91.0 Å². The van der Waals surface area contributed by atoms with Gasteiger partial charge in [0.1, 0.15) is 6.04 Å². The zero-order valence-corrected chi connectivity index (χ0v) is 22.4. The molecule has 0 fully saturated rings. The molecule has 9 heteroatoms. The highest BCUT2D eigenvalue weighted by molar-refractivity contribution is 7.88. The quantitative estimate of drug-likeness (QED) is 0.308. The smallest absolute Gasteiger partial charge is 0.243 e. The third kappa shape index (κ3) is 9.09. The molecule has 0 aromatic heterocycles. The first-order chi connectivity index (χ1) is 18.3. The van der Waals surface area contributed by atoms with Crippen LogP contribution in [0.3, 0.4) is 0 Å². The molecular weight excluding hydrogens is 502 g/mol. The van der Waals surface area contributed by atoms with Gasteiger partial charge < -0.3 is 15.3 Å². The van der Waals surface area contributed by atoms with Gasteiger partial charge in [0.05, 0.1) is 12.8 Å². The highest BCUT2D eigenvalue weighted by Crippen LogP contribution is 2.17. The van der Waals surface area contributed by atoms with Crippen LogP contribution >= 0.6 is 0 Å². The molecule has 0 aliphatic heterocycles. The molecule has 0 spiro atoms. The maximum Gasteiger partial charge on any atom is 0.243 e. The van der Waals surface area contributed by atoms with Gasteiger partial charge in [0.25, 0.3) is 0 Å². The number of sulfonamides is 1. The molecule has 0 aliphatic rings. The summed E-state index contributed by atoms with van der Waals surface area (Å²) in [7, 11) is -3.73. The number of aliphatic hydroxyl groups excluding tert-OH is 1. The van der Waals surface area contributed by atoms with Crippen molar-refractivity contribution in [2.24, 2.45) is 0 Å². The first-order valence-electron chi connectivity index (χ1n) is 12.5. The van der Waals surface area contributed by atoms with Gasteiger partial charge in [0.2, 0.25) is 21.8 Å². The van der Waals surface area contributed by atoms with Crippen molar-refractivity contribution in [1.29, 1.82) is 0 Å². The molecule has 0 saturated heterocycles. The van der Waals surface area contributed by atoms with Crippen LogP contribution in [-0.2, 0) is 39.1 Å². The zero-order chi connectivity index (χ0) is 27.4. The molecule has 0 heterocycles. The largest absolute Gasteiger partial charge is 0.396 e. The van der Waals surface area contributed by atoms with Gasteiger partial charge in [0, 0.05) is 32.7 Å². The van der Waals surface area contributed by atoms with Crippen molar-refractivity contribution >= 4 is 21.8 Å². The van der Waals surface area contributed by atoms with Crippen LogP contribution in [0.1, 0.15) is 23.1 Å². The Morgan fingerprint density at radius 3 is 1.82 bits per heavy atom. The second-order valence-electron chi connectivity index (χ2n) is 9.10. The summed E-state index contributed by atoms with van der Waals surface area (Å²) in [4.78, 5) is 28.7. The molecule has 1 atom stereocenters. The molecule has 3 aromatic rings. The summed E-state index contributed by atoms with van der Waals surface area (Å²) in [6.45, 7) is -0.0451. The fraction of sp³-hybridized carbons (Fsp3) is 0.310. The summed E-state index contributed by atoms with van der Waals surface area (Å²) in [5.41, 5.74) is 2.43. The Morgan fingerprint density at radius 2 is 1.32 bits per heavy atom. The Balaban J connectivity index is 1.95. The molecule has 0 radical (unpaired) electrons. The summed E-state index contributed by atoms with van der Waals surface area (Å²) in [5.74, 6) is -0.839. The van der Waals surface area contributed by atoms with Crippen LogP contribution in [0, 0.1) is 0 Å². The lowest BCUT2D eigenvalue weighted by Gasteiger charge is -2.33. The van der Waals surface area contributed by atoms with Gasteiger partial charge in [-0.05, 0) is 23.1 Å². The number of hydrogen-bond acceptors (Lipinski definition) is 5. The van der Waals surface area contributed by atoms with Crippen LogP contribution in [0.4, 0.5) is 0 Å². The Hall–Kier alpha value is -3.53. The van der Waals surface area contributed by atoms with Gasteiger partial charge >= 0.3 is 0 Å². The van der Waals surface area contributed by atoms with E-state index >= 15 is 0 Å². The number of rotatable bonds is 14. The maximum atomic E-state index is 13.9. The van der Waals surface area contributed by atoms with E-state index in [1.54, 1.807) is 12.1 Å². The molecule has 0 bridgehead atoms. The average molecular weight is 538 g/mol. The van der Waals surface area contributed by atoms with E-state index in [1.807, 2.05) is 78.9 Å². The van der Waals surface area contributed by atoms with Crippen molar-refractivity contribution < 1.29 is 23.1 Å². The molecule has 0 unspecified atom stereocenters. The summed E-state index contributed by atoms with van der Waals surface area (Å²) < 4.78 is 26.5. The SMILES string of the molecule is CS(=O)(=O)N(CC(=O)N(Cc1ccccc1)[C@H](Cc1ccccc1)C(=O)NCCCO)Cc1ccccc1. The van der Waals surface area contributed by atoms with Crippen molar-refractivity contribution in [1.82, 2.24) is 14.5 Å². The van der Waals surface area contributed by atoms with E-state index in [1.165, 1.54) is 4.90 Å². The second-order valence-corrected chi connectivity index (χ2v) is 11.1. The van der Waals surface area contributed by atoms with Crippen molar-refractivity contribution in [3.05, 3.63) is 108 Å². The number of aliphatic hydroxyl groups is 1. The molecule has 8 nitrogen and oxygen atoms in total. The third-order valence-electron chi connectivity index (χ3n) is 6.08. The van der Waals surface area contributed by atoms with Crippen molar-refractivity contribution in [3.8, 4) is 0 Å². The summed E-state index contributed by atoms with van der Waals surface area (Å²) in [5, 5.41) is 12.0. The number of carbonyl (C=O) groups excluding carboxylic acids is 2. The molecule has 2 amide bonds. The van der Waals surface area contributed by atoms with Crippen molar-refractivity contribution in [3.63, 3.8) is 0 Å². The number of carbonyl (C=O) groups is 2. The number of amides is 2. The van der Waals surface area contributed by atoms with E-state index in [2.05, 4.69) is 5.32 Å². The normalized spacial score (nSPS) is 12.2. The van der Waals surface area contributed by atoms with Crippen LogP contribution < -0.4 is 5.32 Å². The molecule has 202 valence electrons. The van der Waals surface area contributed by atoms with E-state index in [4.69, 9.17) is 5.11 Å². The topological polar surface area (TPSA) is 107 Å². The van der Waals surface area contributed by atoms with Gasteiger partial charge in [-0.15, -0.1) is 0 Å².